The van der Waals surface area contributed by atoms with Crippen LogP contribution in [0, 0.1) is 0 Å². The summed E-state index contributed by atoms with van der Waals surface area (Å²) in [5.41, 5.74) is 0. The molecule has 0 aliphatic rings. The number of hydrogen-bond acceptors (Lipinski definition) is 2. The predicted molar refractivity (Wildman–Crippen MR) is 32.4 cm³/mol. The summed E-state index contributed by atoms with van der Waals surface area (Å²) in [6, 6.07) is 0. The summed E-state index contributed by atoms with van der Waals surface area (Å²) in [5, 5.41) is 7.39. The molecule has 8 heavy (non-hydrogen) atoms. The lowest BCUT2D eigenvalue weighted by Gasteiger charge is -1.90. The van der Waals surface area contributed by atoms with E-state index >= 15 is 0 Å². The van der Waals surface area contributed by atoms with E-state index in [9.17, 15) is 4.39 Å². The minimum absolute atomic E-state index is 1.06. The van der Waals surface area contributed by atoms with Crippen LogP contribution >= 0.6 is 0 Å². The van der Waals surface area contributed by atoms with Gasteiger partial charge in [0.25, 0.3) is 0 Å². The molecule has 0 amide bonds. The fourth-order valence-electron chi connectivity index (χ4n) is 0. The van der Waals surface area contributed by atoms with Crippen molar-refractivity contribution >= 4 is 0 Å². The molecule has 0 heterocycles. The Morgan fingerprint density at radius 2 is 1.38 bits per heavy atom. The van der Waals surface area contributed by atoms with Gasteiger partial charge in [0.15, 0.2) is 6.36 Å². The third-order valence-corrected chi connectivity index (χ3v) is 0. The molecule has 0 aromatic rings. The zero-order valence-corrected chi connectivity index (χ0v) is 5.85. The van der Waals surface area contributed by atoms with E-state index in [2.05, 4.69) is 0 Å². The molecule has 1 atom stereocenters. The summed E-state index contributed by atoms with van der Waals surface area (Å²) in [7, 11) is 6.00. The van der Waals surface area contributed by atoms with Crippen LogP contribution in [0.2, 0.25) is 0 Å². The number of aliphatic hydroxyl groups excluding tert-OH is 1. The van der Waals surface area contributed by atoms with Gasteiger partial charge in [-0.1, -0.05) is 0 Å². The van der Waals surface area contributed by atoms with Crippen LogP contribution in [0.15, 0.2) is 0 Å². The summed E-state index contributed by atoms with van der Waals surface area (Å²) in [6.07, 6.45) is -1.67. The van der Waals surface area contributed by atoms with E-state index in [1.54, 1.807) is 0 Å². The van der Waals surface area contributed by atoms with Crippen molar-refractivity contribution < 1.29 is 9.50 Å². The normalized spacial score (nSPS) is 12.4. The first kappa shape index (κ1) is 10.8. The van der Waals surface area contributed by atoms with Crippen molar-refractivity contribution in [2.24, 2.45) is 0 Å². The van der Waals surface area contributed by atoms with Crippen LogP contribution in [0.4, 0.5) is 4.39 Å². The van der Waals surface area contributed by atoms with Gasteiger partial charge in [-0.2, -0.15) is 0 Å². The molecule has 0 saturated heterocycles. The number of halogens is 1. The van der Waals surface area contributed by atoms with Crippen molar-refractivity contribution in [3.05, 3.63) is 0 Å². The second-order valence-corrected chi connectivity index (χ2v) is 1.92. The Morgan fingerprint density at radius 3 is 1.38 bits per heavy atom. The Morgan fingerprint density at radius 1 is 1.38 bits per heavy atom. The highest BCUT2D eigenvalue weighted by Gasteiger charge is 1.75. The van der Waals surface area contributed by atoms with Gasteiger partial charge in [0.05, 0.1) is 0 Å². The van der Waals surface area contributed by atoms with Gasteiger partial charge >= 0.3 is 0 Å². The quantitative estimate of drug-likeness (QED) is 0.506. The molecular formula is C5H14FNO. The van der Waals surface area contributed by atoms with E-state index in [4.69, 9.17) is 5.11 Å². The topological polar surface area (TPSA) is 23.5 Å². The van der Waals surface area contributed by atoms with Crippen LogP contribution in [-0.2, 0) is 0 Å². The lowest BCUT2D eigenvalue weighted by atomic mass is 10.8. The first-order valence-electron chi connectivity index (χ1n) is 2.40. The van der Waals surface area contributed by atoms with Crippen molar-refractivity contribution in [2.75, 3.05) is 21.1 Å². The highest BCUT2D eigenvalue weighted by molar-refractivity contribution is 4.09. The van der Waals surface area contributed by atoms with Crippen LogP contribution in [-0.4, -0.2) is 37.5 Å². The zero-order chi connectivity index (χ0) is 7.15. The largest absolute Gasteiger partial charge is 0.364 e. The maximum atomic E-state index is 10.6. The van der Waals surface area contributed by atoms with Crippen molar-refractivity contribution in [1.82, 2.24) is 4.90 Å². The van der Waals surface area contributed by atoms with Gasteiger partial charge in [-0.25, -0.2) is 4.39 Å². The van der Waals surface area contributed by atoms with E-state index in [1.165, 1.54) is 0 Å². The molecule has 1 unspecified atom stereocenters. The number of hydrogen-bond donors (Lipinski definition) is 1. The van der Waals surface area contributed by atoms with Gasteiger partial charge in [-0.3, -0.25) is 0 Å². The molecule has 0 bridgehead atoms. The van der Waals surface area contributed by atoms with Crippen molar-refractivity contribution in [3.63, 3.8) is 0 Å². The highest BCUT2D eigenvalue weighted by Crippen LogP contribution is 1.71. The van der Waals surface area contributed by atoms with Crippen LogP contribution in [0.3, 0.4) is 0 Å². The minimum Gasteiger partial charge on any atom is -0.364 e. The third kappa shape index (κ3) is 6120. The summed E-state index contributed by atoms with van der Waals surface area (Å²) in [6.45, 7) is 1.06. The lowest BCUT2D eigenvalue weighted by Crippen LogP contribution is -1.99. The highest BCUT2D eigenvalue weighted by atomic mass is 19.1. The summed E-state index contributed by atoms with van der Waals surface area (Å²) >= 11 is 0. The number of rotatable bonds is 0. The smallest absolute Gasteiger partial charge is 0.193 e. The number of nitrogens with zero attached hydrogens (tertiary/aromatic N) is 1. The van der Waals surface area contributed by atoms with Gasteiger partial charge in [-0.05, 0) is 28.1 Å². The summed E-state index contributed by atoms with van der Waals surface area (Å²) in [5.74, 6) is 0. The maximum absolute atomic E-state index is 10.6. The third-order valence-electron chi connectivity index (χ3n) is 0. The van der Waals surface area contributed by atoms with Gasteiger partial charge in [0, 0.05) is 0 Å². The van der Waals surface area contributed by atoms with E-state index in [0.29, 0.717) is 0 Å². The van der Waals surface area contributed by atoms with Crippen molar-refractivity contribution in [3.8, 4) is 0 Å². The van der Waals surface area contributed by atoms with Crippen LogP contribution in [0.25, 0.3) is 0 Å². The van der Waals surface area contributed by atoms with Crippen LogP contribution in [0.5, 0.6) is 0 Å². The second kappa shape index (κ2) is 6.85. The van der Waals surface area contributed by atoms with E-state index in [0.717, 1.165) is 6.92 Å². The molecule has 0 saturated carbocycles. The molecule has 0 aliphatic heterocycles. The van der Waals surface area contributed by atoms with E-state index in [-0.39, 0.29) is 0 Å². The SMILES string of the molecule is CC(O)F.CN(C)C. The molecule has 0 spiro atoms. The average Bonchev–Trinajstić information content (AvgIpc) is 1.25. The van der Waals surface area contributed by atoms with E-state index < -0.39 is 6.36 Å². The fourth-order valence-corrected chi connectivity index (χ4v) is 0. The number of aliphatic hydroxyl groups is 1. The Balaban J connectivity index is 0. The summed E-state index contributed by atoms with van der Waals surface area (Å²) in [4.78, 5) is 2.00. The monoisotopic (exact) mass is 123 g/mol. The van der Waals surface area contributed by atoms with Crippen LogP contribution < -0.4 is 0 Å². The number of alkyl halides is 1. The molecule has 0 radical (unpaired) electrons. The maximum Gasteiger partial charge on any atom is 0.193 e. The summed E-state index contributed by atoms with van der Waals surface area (Å²) < 4.78 is 10.6. The first-order valence-corrected chi connectivity index (χ1v) is 2.40. The Hall–Kier alpha value is -0.150. The molecular weight excluding hydrogens is 109 g/mol. The lowest BCUT2D eigenvalue weighted by molar-refractivity contribution is 0.0607. The van der Waals surface area contributed by atoms with Gasteiger partial charge in [0.1, 0.15) is 0 Å². The van der Waals surface area contributed by atoms with Gasteiger partial charge < -0.3 is 10.0 Å². The first-order chi connectivity index (χ1) is 3.46. The van der Waals surface area contributed by atoms with Gasteiger partial charge in [0.2, 0.25) is 0 Å². The molecule has 3 heteroatoms. The Kier molecular flexibility index (Phi) is 9.22. The Labute approximate surface area is 49.9 Å². The molecule has 0 aromatic heterocycles. The molecule has 52 valence electrons. The Bertz CT molecular complexity index is 27.9. The van der Waals surface area contributed by atoms with Gasteiger partial charge in [-0.15, -0.1) is 0 Å². The molecule has 2 nitrogen and oxygen atoms in total. The van der Waals surface area contributed by atoms with Crippen molar-refractivity contribution in [2.45, 2.75) is 13.3 Å². The molecule has 1 N–H and O–H groups in total. The standard InChI is InChI=1S/C3H9N.C2H5FO/c1-4(2)3;1-2(3)4/h1-3H3;2,4H,1H3. The average molecular weight is 123 g/mol. The zero-order valence-electron chi connectivity index (χ0n) is 5.85. The van der Waals surface area contributed by atoms with E-state index in [1.807, 2.05) is 26.0 Å². The predicted octanol–water partition coefficient (Wildman–Crippen LogP) is 0.472. The second-order valence-electron chi connectivity index (χ2n) is 1.92. The van der Waals surface area contributed by atoms with Crippen molar-refractivity contribution in [1.29, 1.82) is 0 Å². The molecule has 0 fully saturated rings. The molecule has 0 aliphatic carbocycles. The van der Waals surface area contributed by atoms with Crippen LogP contribution in [0.1, 0.15) is 6.92 Å². The molecule has 0 aromatic carbocycles. The molecule has 0 rings (SSSR count). The minimum atomic E-state index is -1.67. The fraction of sp³-hybridized carbons (Fsp3) is 1.00.